The number of nitro benzene ring substituents is 1. The molecule has 0 heterocycles. The Labute approximate surface area is 169 Å². The van der Waals surface area contributed by atoms with Crippen molar-refractivity contribution in [1.29, 1.82) is 0 Å². The Balaban J connectivity index is 2.11. The van der Waals surface area contributed by atoms with E-state index in [4.69, 9.17) is 0 Å². The number of nitrogens with one attached hydrogen (secondary N) is 2. The molecule has 0 aliphatic heterocycles. The lowest BCUT2D eigenvalue weighted by Gasteiger charge is -2.21. The summed E-state index contributed by atoms with van der Waals surface area (Å²) in [6, 6.07) is 11.0. The fourth-order valence-electron chi connectivity index (χ4n) is 2.87. The number of hydrogen-bond donors (Lipinski definition) is 2. The Morgan fingerprint density at radius 1 is 0.966 bits per heavy atom. The highest BCUT2D eigenvalue weighted by molar-refractivity contribution is 6.02. The molecule has 2 amide bonds. The second kappa shape index (κ2) is 9.54. The Bertz CT molecular complexity index is 892. The first-order valence-corrected chi connectivity index (χ1v) is 9.19. The molecule has 0 saturated heterocycles. The van der Waals surface area contributed by atoms with Crippen LogP contribution in [0.1, 0.15) is 34.6 Å². The van der Waals surface area contributed by atoms with Crippen LogP contribution in [0.3, 0.4) is 0 Å². The lowest BCUT2D eigenvalue weighted by Crippen LogP contribution is -2.42. The summed E-state index contributed by atoms with van der Waals surface area (Å²) in [5, 5.41) is 11.0. The van der Waals surface area contributed by atoms with Crippen LogP contribution >= 0.6 is 0 Å². The van der Waals surface area contributed by atoms with Crippen LogP contribution in [0.4, 0.5) is 17.1 Å². The maximum Gasteiger partial charge on any atom is 0.272 e. The van der Waals surface area contributed by atoms with E-state index in [0.29, 0.717) is 11.3 Å². The van der Waals surface area contributed by atoms with Gasteiger partial charge in [0.2, 0.25) is 0 Å². The molecule has 0 spiro atoms. The van der Waals surface area contributed by atoms with E-state index >= 15 is 0 Å². The van der Waals surface area contributed by atoms with Crippen LogP contribution in [-0.4, -0.2) is 43.9 Å². The maximum atomic E-state index is 12.5. The van der Waals surface area contributed by atoms with E-state index < -0.39 is 16.7 Å². The normalized spacial score (nSPS) is 10.2. The summed E-state index contributed by atoms with van der Waals surface area (Å²) in [7, 11) is 3.43. The first kappa shape index (κ1) is 21.7. The minimum Gasteiger partial charge on any atom is -0.377 e. The van der Waals surface area contributed by atoms with Crippen molar-refractivity contribution in [3.8, 4) is 0 Å². The van der Waals surface area contributed by atoms with Gasteiger partial charge in [-0.1, -0.05) is 0 Å². The van der Waals surface area contributed by atoms with Crippen molar-refractivity contribution in [3.05, 3.63) is 63.7 Å². The number of non-ortho nitro benzene ring substituents is 1. The van der Waals surface area contributed by atoms with Gasteiger partial charge in [0.05, 0.1) is 10.5 Å². The van der Waals surface area contributed by atoms with Crippen LogP contribution < -0.4 is 20.7 Å². The van der Waals surface area contributed by atoms with E-state index in [9.17, 15) is 19.7 Å². The molecule has 29 heavy (non-hydrogen) atoms. The molecule has 2 aromatic carbocycles. The molecular weight excluding hydrogens is 374 g/mol. The van der Waals surface area contributed by atoms with Gasteiger partial charge in [-0.15, -0.1) is 0 Å². The summed E-state index contributed by atoms with van der Waals surface area (Å²) < 4.78 is 0. The van der Waals surface area contributed by atoms with E-state index in [-0.39, 0.29) is 11.3 Å². The van der Waals surface area contributed by atoms with Crippen LogP contribution in [0.2, 0.25) is 0 Å². The fourth-order valence-corrected chi connectivity index (χ4v) is 2.87. The molecule has 0 unspecified atom stereocenters. The molecule has 0 bridgehead atoms. The molecule has 0 radical (unpaired) electrons. The van der Waals surface area contributed by atoms with Gasteiger partial charge in [-0.05, 0) is 44.2 Å². The third kappa shape index (κ3) is 5.22. The smallest absolute Gasteiger partial charge is 0.272 e. The first-order chi connectivity index (χ1) is 13.8. The number of nitrogens with zero attached hydrogens (tertiary/aromatic N) is 3. The number of hydrazine groups is 1. The van der Waals surface area contributed by atoms with Crippen LogP contribution in [0, 0.1) is 10.1 Å². The quantitative estimate of drug-likeness (QED) is 0.547. The van der Waals surface area contributed by atoms with Gasteiger partial charge in [-0.3, -0.25) is 30.6 Å². The Morgan fingerprint density at radius 3 is 2.07 bits per heavy atom. The molecule has 2 aromatic rings. The van der Waals surface area contributed by atoms with Gasteiger partial charge in [-0.25, -0.2) is 0 Å². The molecule has 9 heteroatoms. The number of carbonyl (C=O) groups is 2. The molecule has 2 rings (SSSR count). The van der Waals surface area contributed by atoms with Gasteiger partial charge in [0.1, 0.15) is 0 Å². The van der Waals surface area contributed by atoms with Gasteiger partial charge in [0.15, 0.2) is 0 Å². The number of anilines is 2. The van der Waals surface area contributed by atoms with Gasteiger partial charge in [0.25, 0.3) is 17.5 Å². The van der Waals surface area contributed by atoms with Crippen LogP contribution in [0.25, 0.3) is 0 Å². The summed E-state index contributed by atoms with van der Waals surface area (Å²) in [5.41, 5.74) is 6.42. The van der Waals surface area contributed by atoms with Crippen LogP contribution in [0.15, 0.2) is 42.5 Å². The molecule has 0 aliphatic carbocycles. The van der Waals surface area contributed by atoms with Crippen molar-refractivity contribution in [2.24, 2.45) is 0 Å². The standard InChI is InChI=1S/C20H25N5O4/c1-5-24(6-2)15-9-7-14(8-10-15)19(26)21-22-20(27)17-13-16(25(28)29)11-12-18(17)23(3)4/h7-13H,5-6H2,1-4H3,(H,21,26)(H,22,27). The lowest BCUT2D eigenvalue weighted by molar-refractivity contribution is -0.384. The Kier molecular flexibility index (Phi) is 7.13. The predicted octanol–water partition coefficient (Wildman–Crippen LogP) is 2.58. The third-order valence-electron chi connectivity index (χ3n) is 4.47. The molecule has 0 fully saturated rings. The van der Waals surface area contributed by atoms with Crippen LogP contribution in [0.5, 0.6) is 0 Å². The zero-order valence-corrected chi connectivity index (χ0v) is 16.9. The van der Waals surface area contributed by atoms with Gasteiger partial charge in [-0.2, -0.15) is 0 Å². The highest BCUT2D eigenvalue weighted by Crippen LogP contribution is 2.24. The Morgan fingerprint density at radius 2 is 1.55 bits per heavy atom. The van der Waals surface area contributed by atoms with Crippen molar-refractivity contribution >= 4 is 28.9 Å². The lowest BCUT2D eigenvalue weighted by atomic mass is 10.1. The van der Waals surface area contributed by atoms with Crippen LogP contribution in [-0.2, 0) is 0 Å². The van der Waals surface area contributed by atoms with Gasteiger partial charge >= 0.3 is 0 Å². The SMILES string of the molecule is CCN(CC)c1ccc(C(=O)NNC(=O)c2cc([N+](=O)[O-])ccc2N(C)C)cc1. The van der Waals surface area contributed by atoms with E-state index in [1.54, 1.807) is 31.1 Å². The topological polar surface area (TPSA) is 108 Å². The van der Waals surface area contributed by atoms with E-state index in [1.807, 2.05) is 12.1 Å². The average molecular weight is 399 g/mol. The minimum atomic E-state index is -0.648. The number of carbonyl (C=O) groups excluding carboxylic acids is 2. The van der Waals surface area contributed by atoms with E-state index in [1.165, 1.54) is 18.2 Å². The second-order valence-corrected chi connectivity index (χ2v) is 6.48. The third-order valence-corrected chi connectivity index (χ3v) is 4.47. The minimum absolute atomic E-state index is 0.0846. The Hall–Kier alpha value is -3.62. The summed E-state index contributed by atoms with van der Waals surface area (Å²) in [6.45, 7) is 5.82. The summed E-state index contributed by atoms with van der Waals surface area (Å²) in [4.78, 5) is 39.1. The monoisotopic (exact) mass is 399 g/mol. The predicted molar refractivity (Wildman–Crippen MR) is 112 cm³/mol. The van der Waals surface area contributed by atoms with E-state index in [0.717, 1.165) is 18.8 Å². The van der Waals surface area contributed by atoms with Gasteiger partial charge in [0, 0.05) is 56.3 Å². The van der Waals surface area contributed by atoms with Crippen molar-refractivity contribution in [2.45, 2.75) is 13.8 Å². The average Bonchev–Trinajstić information content (AvgIpc) is 2.72. The second-order valence-electron chi connectivity index (χ2n) is 6.48. The zero-order valence-electron chi connectivity index (χ0n) is 16.9. The summed E-state index contributed by atoms with van der Waals surface area (Å²) >= 11 is 0. The van der Waals surface area contributed by atoms with Crippen molar-refractivity contribution < 1.29 is 14.5 Å². The number of nitro groups is 1. The molecule has 0 aromatic heterocycles. The van der Waals surface area contributed by atoms with Crippen molar-refractivity contribution in [1.82, 2.24) is 10.9 Å². The van der Waals surface area contributed by atoms with Crippen molar-refractivity contribution in [2.75, 3.05) is 37.0 Å². The van der Waals surface area contributed by atoms with Gasteiger partial charge < -0.3 is 9.80 Å². The molecule has 154 valence electrons. The molecule has 0 atom stereocenters. The molecule has 0 saturated carbocycles. The van der Waals surface area contributed by atoms with E-state index in [2.05, 4.69) is 29.6 Å². The van der Waals surface area contributed by atoms with Crippen molar-refractivity contribution in [3.63, 3.8) is 0 Å². The number of rotatable bonds is 7. The molecule has 0 aliphatic rings. The summed E-state index contributed by atoms with van der Waals surface area (Å²) in [5.74, 6) is -1.13. The molecule has 9 nitrogen and oxygen atoms in total. The number of benzene rings is 2. The number of hydrogen-bond acceptors (Lipinski definition) is 6. The molecular formula is C20H25N5O4. The highest BCUT2D eigenvalue weighted by Gasteiger charge is 2.18. The number of amides is 2. The largest absolute Gasteiger partial charge is 0.377 e. The zero-order chi connectivity index (χ0) is 21.6. The highest BCUT2D eigenvalue weighted by atomic mass is 16.6. The first-order valence-electron chi connectivity index (χ1n) is 9.19. The maximum absolute atomic E-state index is 12.5. The summed E-state index contributed by atoms with van der Waals surface area (Å²) in [6.07, 6.45) is 0. The fraction of sp³-hybridized carbons (Fsp3) is 0.300. The molecule has 2 N–H and O–H groups in total.